The summed E-state index contributed by atoms with van der Waals surface area (Å²) in [6.45, 7) is 0.287. The number of furan rings is 1. The lowest BCUT2D eigenvalue weighted by Gasteiger charge is -2.34. The monoisotopic (exact) mass is 306 g/mol. The Balaban J connectivity index is 1.69. The Morgan fingerprint density at radius 2 is 2.00 bits per heavy atom. The average molecular weight is 306 g/mol. The van der Waals surface area contributed by atoms with Crippen molar-refractivity contribution in [2.24, 2.45) is 0 Å². The summed E-state index contributed by atoms with van der Waals surface area (Å²) in [5.41, 5.74) is -1.65. The van der Waals surface area contributed by atoms with Gasteiger partial charge >= 0.3 is 5.97 Å². The van der Waals surface area contributed by atoms with Gasteiger partial charge in [-0.2, -0.15) is 0 Å². The van der Waals surface area contributed by atoms with E-state index in [0.717, 1.165) is 0 Å². The molecule has 0 atom stereocenters. The van der Waals surface area contributed by atoms with Crippen molar-refractivity contribution in [1.82, 2.24) is 10.1 Å². The minimum atomic E-state index is -1.76. The Hall–Kier alpha value is -2.61. The number of piperidine rings is 1. The average Bonchev–Trinajstić information content (AvgIpc) is 3.18. The molecular formula is C14H14N2O6. The molecule has 8 heteroatoms. The molecule has 2 N–H and O–H groups in total. The van der Waals surface area contributed by atoms with Crippen molar-refractivity contribution in [2.75, 3.05) is 13.1 Å². The number of aliphatic carboxylic acids is 1. The summed E-state index contributed by atoms with van der Waals surface area (Å²) in [5.74, 6) is -0.826. The van der Waals surface area contributed by atoms with E-state index in [2.05, 4.69) is 5.16 Å². The van der Waals surface area contributed by atoms with E-state index in [1.807, 2.05) is 0 Å². The van der Waals surface area contributed by atoms with Gasteiger partial charge in [0.05, 0.1) is 6.26 Å². The Morgan fingerprint density at radius 1 is 1.27 bits per heavy atom. The van der Waals surface area contributed by atoms with Gasteiger partial charge in [-0.15, -0.1) is 0 Å². The lowest BCUT2D eigenvalue weighted by atomic mass is 9.91. The van der Waals surface area contributed by atoms with Crippen LogP contribution in [0.25, 0.3) is 11.5 Å². The van der Waals surface area contributed by atoms with Gasteiger partial charge in [0.2, 0.25) is 5.76 Å². The van der Waals surface area contributed by atoms with Gasteiger partial charge in [-0.1, -0.05) is 5.16 Å². The van der Waals surface area contributed by atoms with Crippen LogP contribution in [0.15, 0.2) is 33.4 Å². The predicted octanol–water partition coefficient (Wildman–Crippen LogP) is 0.986. The number of aromatic nitrogens is 1. The van der Waals surface area contributed by atoms with E-state index in [-0.39, 0.29) is 37.5 Å². The molecule has 2 aromatic rings. The van der Waals surface area contributed by atoms with Crippen LogP contribution < -0.4 is 0 Å². The molecule has 0 aromatic carbocycles. The van der Waals surface area contributed by atoms with Crippen molar-refractivity contribution in [2.45, 2.75) is 18.4 Å². The molecule has 2 aromatic heterocycles. The molecule has 0 radical (unpaired) electrons. The summed E-state index contributed by atoms with van der Waals surface area (Å²) in [4.78, 5) is 24.7. The first-order chi connectivity index (χ1) is 10.5. The summed E-state index contributed by atoms with van der Waals surface area (Å²) in [6, 6.07) is 4.85. The molecular weight excluding hydrogens is 292 g/mol. The van der Waals surface area contributed by atoms with Crippen LogP contribution in [-0.2, 0) is 4.79 Å². The highest BCUT2D eigenvalue weighted by Gasteiger charge is 2.40. The van der Waals surface area contributed by atoms with E-state index in [1.54, 1.807) is 12.1 Å². The summed E-state index contributed by atoms with van der Waals surface area (Å²) in [6.07, 6.45) is 1.45. The molecule has 8 nitrogen and oxygen atoms in total. The minimum Gasteiger partial charge on any atom is -0.479 e. The SMILES string of the molecule is O=C(c1cc(-c2ccco2)on1)N1CCC(O)(C(=O)O)CC1. The molecule has 0 aliphatic carbocycles. The number of amides is 1. The number of aliphatic hydroxyl groups is 1. The van der Waals surface area contributed by atoms with Crippen molar-refractivity contribution in [3.8, 4) is 11.5 Å². The van der Waals surface area contributed by atoms with Crippen molar-refractivity contribution in [1.29, 1.82) is 0 Å². The number of carbonyl (C=O) groups is 2. The van der Waals surface area contributed by atoms with Gasteiger partial charge in [0.25, 0.3) is 5.91 Å². The smallest absolute Gasteiger partial charge is 0.335 e. The third-order valence-corrected chi connectivity index (χ3v) is 3.77. The molecule has 116 valence electrons. The highest BCUT2D eigenvalue weighted by Crippen LogP contribution is 2.25. The Kier molecular flexibility index (Phi) is 3.45. The molecule has 0 spiro atoms. The van der Waals surface area contributed by atoms with Gasteiger partial charge in [0.1, 0.15) is 0 Å². The zero-order chi connectivity index (χ0) is 15.7. The van der Waals surface area contributed by atoms with Crippen LogP contribution in [-0.4, -0.2) is 50.8 Å². The van der Waals surface area contributed by atoms with Gasteiger partial charge in [-0.25, -0.2) is 4.79 Å². The van der Waals surface area contributed by atoms with Crippen molar-refractivity contribution in [3.05, 3.63) is 30.2 Å². The van der Waals surface area contributed by atoms with E-state index < -0.39 is 11.6 Å². The first-order valence-electron chi connectivity index (χ1n) is 6.75. The molecule has 3 heterocycles. The fourth-order valence-electron chi connectivity index (χ4n) is 2.37. The van der Waals surface area contributed by atoms with Crippen molar-refractivity contribution >= 4 is 11.9 Å². The molecule has 0 saturated carbocycles. The topological polar surface area (TPSA) is 117 Å². The molecule has 1 aliphatic heterocycles. The van der Waals surface area contributed by atoms with Crippen LogP contribution in [0, 0.1) is 0 Å². The summed E-state index contributed by atoms with van der Waals surface area (Å²) >= 11 is 0. The molecule has 1 fully saturated rings. The van der Waals surface area contributed by atoms with E-state index >= 15 is 0 Å². The van der Waals surface area contributed by atoms with Gasteiger partial charge in [-0.3, -0.25) is 4.79 Å². The number of carboxylic acid groups (broad SMARTS) is 1. The zero-order valence-corrected chi connectivity index (χ0v) is 11.6. The van der Waals surface area contributed by atoms with Crippen LogP contribution in [0.3, 0.4) is 0 Å². The number of hydrogen-bond donors (Lipinski definition) is 2. The third-order valence-electron chi connectivity index (χ3n) is 3.77. The fraction of sp³-hybridized carbons (Fsp3) is 0.357. The highest BCUT2D eigenvalue weighted by atomic mass is 16.5. The second kappa shape index (κ2) is 5.30. The lowest BCUT2D eigenvalue weighted by Crippen LogP contribution is -2.50. The molecule has 3 rings (SSSR count). The van der Waals surface area contributed by atoms with Crippen molar-refractivity contribution < 1.29 is 28.7 Å². The largest absolute Gasteiger partial charge is 0.479 e. The van der Waals surface area contributed by atoms with Gasteiger partial charge in [0.15, 0.2) is 17.1 Å². The summed E-state index contributed by atoms with van der Waals surface area (Å²) in [7, 11) is 0. The molecule has 1 saturated heterocycles. The van der Waals surface area contributed by atoms with Gasteiger partial charge < -0.3 is 24.1 Å². The van der Waals surface area contributed by atoms with Gasteiger partial charge in [0, 0.05) is 32.0 Å². The number of carbonyl (C=O) groups excluding carboxylic acids is 1. The highest BCUT2D eigenvalue weighted by molar-refractivity contribution is 5.93. The zero-order valence-electron chi connectivity index (χ0n) is 11.6. The number of hydrogen-bond acceptors (Lipinski definition) is 6. The van der Waals surface area contributed by atoms with E-state index in [1.165, 1.54) is 17.2 Å². The second-order valence-corrected chi connectivity index (χ2v) is 5.18. The van der Waals surface area contributed by atoms with E-state index in [9.17, 15) is 14.7 Å². The normalized spacial score (nSPS) is 17.4. The van der Waals surface area contributed by atoms with Crippen LogP contribution >= 0.6 is 0 Å². The number of carboxylic acids is 1. The molecule has 1 aliphatic rings. The number of nitrogens with zero attached hydrogens (tertiary/aromatic N) is 2. The molecule has 0 bridgehead atoms. The predicted molar refractivity (Wildman–Crippen MR) is 71.9 cm³/mol. The Labute approximate surface area is 124 Å². The maximum Gasteiger partial charge on any atom is 0.335 e. The number of likely N-dealkylation sites (tertiary alicyclic amines) is 1. The quantitative estimate of drug-likeness (QED) is 0.868. The maximum absolute atomic E-state index is 12.3. The minimum absolute atomic E-state index is 0.0169. The number of rotatable bonds is 3. The van der Waals surface area contributed by atoms with Crippen LogP contribution in [0.5, 0.6) is 0 Å². The summed E-state index contributed by atoms with van der Waals surface area (Å²) < 4.78 is 10.2. The first kappa shape index (κ1) is 14.3. The first-order valence-corrected chi connectivity index (χ1v) is 6.75. The Bertz CT molecular complexity index is 682. The Morgan fingerprint density at radius 3 is 2.59 bits per heavy atom. The summed E-state index contributed by atoms with van der Waals surface area (Å²) in [5, 5.41) is 22.5. The van der Waals surface area contributed by atoms with E-state index in [4.69, 9.17) is 14.0 Å². The standard InChI is InChI=1S/C14H14N2O6/c17-12(16-5-3-14(20,4-6-16)13(18)19)9-8-11(22-15-9)10-2-1-7-21-10/h1-2,7-8,20H,3-6H2,(H,18,19). The molecule has 0 unspecified atom stereocenters. The van der Waals surface area contributed by atoms with Crippen LogP contribution in [0.1, 0.15) is 23.3 Å². The van der Waals surface area contributed by atoms with Crippen molar-refractivity contribution in [3.63, 3.8) is 0 Å². The lowest BCUT2D eigenvalue weighted by molar-refractivity contribution is -0.162. The van der Waals surface area contributed by atoms with Gasteiger partial charge in [-0.05, 0) is 12.1 Å². The second-order valence-electron chi connectivity index (χ2n) is 5.18. The van der Waals surface area contributed by atoms with E-state index in [0.29, 0.717) is 11.5 Å². The maximum atomic E-state index is 12.3. The molecule has 1 amide bonds. The molecule has 22 heavy (non-hydrogen) atoms. The fourth-order valence-corrected chi connectivity index (χ4v) is 2.37. The van der Waals surface area contributed by atoms with Crippen LogP contribution in [0.2, 0.25) is 0 Å². The third kappa shape index (κ3) is 2.48. The van der Waals surface area contributed by atoms with Crippen LogP contribution in [0.4, 0.5) is 0 Å².